The normalized spacial score (nSPS) is 10.6. The van der Waals surface area contributed by atoms with Crippen LogP contribution in [0.4, 0.5) is 0 Å². The summed E-state index contributed by atoms with van der Waals surface area (Å²) in [6.07, 6.45) is 1.83. The first-order chi connectivity index (χ1) is 7.20. The number of nitrogens with two attached hydrogens (primary N) is 1. The summed E-state index contributed by atoms with van der Waals surface area (Å²) in [7, 11) is 0. The van der Waals surface area contributed by atoms with Crippen LogP contribution in [-0.4, -0.2) is 15.0 Å². The van der Waals surface area contributed by atoms with E-state index in [1.807, 2.05) is 31.3 Å². The SMILES string of the molecule is Cc1ccc(-n2cc(CN)nn2)cc1Br. The molecular weight excluding hydrogens is 256 g/mol. The highest BCUT2D eigenvalue weighted by molar-refractivity contribution is 9.10. The van der Waals surface area contributed by atoms with Crippen molar-refractivity contribution in [3.63, 3.8) is 0 Å². The summed E-state index contributed by atoms with van der Waals surface area (Å²) in [4.78, 5) is 0. The minimum atomic E-state index is 0.410. The van der Waals surface area contributed by atoms with E-state index in [4.69, 9.17) is 5.73 Å². The molecule has 0 fully saturated rings. The molecule has 1 heterocycles. The van der Waals surface area contributed by atoms with Crippen LogP contribution in [0, 0.1) is 6.92 Å². The summed E-state index contributed by atoms with van der Waals surface area (Å²) in [5.41, 5.74) is 8.42. The maximum absolute atomic E-state index is 5.47. The summed E-state index contributed by atoms with van der Waals surface area (Å²) in [6, 6.07) is 6.03. The van der Waals surface area contributed by atoms with Gasteiger partial charge in [-0.25, -0.2) is 4.68 Å². The van der Waals surface area contributed by atoms with Crippen molar-refractivity contribution in [2.24, 2.45) is 5.73 Å². The fourth-order valence-corrected chi connectivity index (χ4v) is 1.61. The van der Waals surface area contributed by atoms with Crippen LogP contribution in [0.15, 0.2) is 28.9 Å². The van der Waals surface area contributed by atoms with Crippen molar-refractivity contribution in [1.82, 2.24) is 15.0 Å². The lowest BCUT2D eigenvalue weighted by Crippen LogP contribution is -1.96. The van der Waals surface area contributed by atoms with E-state index in [2.05, 4.69) is 26.2 Å². The van der Waals surface area contributed by atoms with Crippen molar-refractivity contribution in [1.29, 1.82) is 0 Å². The third-order valence-corrected chi connectivity index (χ3v) is 3.02. The van der Waals surface area contributed by atoms with Crippen LogP contribution in [0.2, 0.25) is 0 Å². The van der Waals surface area contributed by atoms with E-state index >= 15 is 0 Å². The van der Waals surface area contributed by atoms with Gasteiger partial charge in [-0.15, -0.1) is 5.10 Å². The fourth-order valence-electron chi connectivity index (χ4n) is 1.24. The number of rotatable bonds is 2. The molecule has 2 rings (SSSR count). The highest BCUT2D eigenvalue weighted by Crippen LogP contribution is 2.19. The van der Waals surface area contributed by atoms with Crippen molar-refractivity contribution in [3.05, 3.63) is 40.1 Å². The van der Waals surface area contributed by atoms with Gasteiger partial charge in [0, 0.05) is 11.0 Å². The van der Waals surface area contributed by atoms with Crippen LogP contribution in [0.5, 0.6) is 0 Å². The summed E-state index contributed by atoms with van der Waals surface area (Å²) in [5.74, 6) is 0. The van der Waals surface area contributed by atoms with Crippen LogP contribution < -0.4 is 5.73 Å². The summed E-state index contributed by atoms with van der Waals surface area (Å²) in [6.45, 7) is 2.45. The molecule has 0 radical (unpaired) electrons. The second-order valence-corrected chi connectivity index (χ2v) is 4.15. The largest absolute Gasteiger partial charge is 0.325 e. The first kappa shape index (κ1) is 10.3. The average molecular weight is 267 g/mol. The molecular formula is C10H11BrN4. The van der Waals surface area contributed by atoms with Crippen molar-refractivity contribution in [2.45, 2.75) is 13.5 Å². The molecule has 0 atom stereocenters. The predicted molar refractivity (Wildman–Crippen MR) is 61.7 cm³/mol. The molecule has 2 aromatic rings. The van der Waals surface area contributed by atoms with E-state index in [9.17, 15) is 0 Å². The first-order valence-electron chi connectivity index (χ1n) is 4.58. The van der Waals surface area contributed by atoms with Crippen molar-refractivity contribution < 1.29 is 0 Å². The molecule has 0 saturated heterocycles. The van der Waals surface area contributed by atoms with Crippen LogP contribution in [0.3, 0.4) is 0 Å². The van der Waals surface area contributed by atoms with E-state index in [1.165, 1.54) is 5.56 Å². The molecule has 1 aromatic carbocycles. The summed E-state index contributed by atoms with van der Waals surface area (Å²) >= 11 is 3.48. The van der Waals surface area contributed by atoms with Gasteiger partial charge in [-0.1, -0.05) is 27.2 Å². The molecule has 0 unspecified atom stereocenters. The monoisotopic (exact) mass is 266 g/mol. The number of nitrogens with zero attached hydrogens (tertiary/aromatic N) is 3. The third kappa shape index (κ3) is 2.08. The van der Waals surface area contributed by atoms with Crippen molar-refractivity contribution in [3.8, 4) is 5.69 Å². The quantitative estimate of drug-likeness (QED) is 0.902. The van der Waals surface area contributed by atoms with Gasteiger partial charge < -0.3 is 5.73 Å². The molecule has 78 valence electrons. The van der Waals surface area contributed by atoms with Gasteiger partial charge in [0.25, 0.3) is 0 Å². The van der Waals surface area contributed by atoms with E-state index < -0.39 is 0 Å². The molecule has 5 heteroatoms. The van der Waals surface area contributed by atoms with Gasteiger partial charge in [0.2, 0.25) is 0 Å². The molecule has 0 saturated carbocycles. The van der Waals surface area contributed by atoms with Crippen molar-refractivity contribution in [2.75, 3.05) is 0 Å². The third-order valence-electron chi connectivity index (χ3n) is 2.17. The highest BCUT2D eigenvalue weighted by Gasteiger charge is 2.02. The Labute approximate surface area is 96.2 Å². The zero-order valence-corrected chi connectivity index (χ0v) is 9.90. The van der Waals surface area contributed by atoms with E-state index in [1.54, 1.807) is 4.68 Å². The van der Waals surface area contributed by atoms with Crippen LogP contribution >= 0.6 is 15.9 Å². The number of aryl methyl sites for hydroxylation is 1. The van der Waals surface area contributed by atoms with Crippen LogP contribution in [-0.2, 0) is 6.54 Å². The lowest BCUT2D eigenvalue weighted by Gasteiger charge is -2.02. The maximum Gasteiger partial charge on any atom is 0.0967 e. The summed E-state index contributed by atoms with van der Waals surface area (Å²) in [5, 5.41) is 7.93. The Morgan fingerprint density at radius 3 is 2.87 bits per heavy atom. The van der Waals surface area contributed by atoms with Gasteiger partial charge in [-0.3, -0.25) is 0 Å². The molecule has 0 amide bonds. The Hall–Kier alpha value is -1.20. The molecule has 1 aromatic heterocycles. The topological polar surface area (TPSA) is 56.7 Å². The minimum Gasteiger partial charge on any atom is -0.325 e. The number of halogens is 1. The van der Waals surface area contributed by atoms with Gasteiger partial charge in [-0.05, 0) is 24.6 Å². The second kappa shape index (κ2) is 4.12. The molecule has 2 N–H and O–H groups in total. The standard InChI is InChI=1S/C10H11BrN4/c1-7-2-3-9(4-10(7)11)15-6-8(5-12)13-14-15/h2-4,6H,5,12H2,1H3. The number of hydrogen-bond acceptors (Lipinski definition) is 3. The maximum atomic E-state index is 5.47. The molecule has 0 spiro atoms. The van der Waals surface area contributed by atoms with Crippen LogP contribution in [0.25, 0.3) is 5.69 Å². The Balaban J connectivity index is 2.40. The second-order valence-electron chi connectivity index (χ2n) is 3.29. The zero-order valence-electron chi connectivity index (χ0n) is 8.31. The van der Waals surface area contributed by atoms with E-state index in [-0.39, 0.29) is 0 Å². The van der Waals surface area contributed by atoms with Gasteiger partial charge >= 0.3 is 0 Å². The average Bonchev–Trinajstić information content (AvgIpc) is 2.70. The Bertz CT molecular complexity index is 478. The molecule has 4 nitrogen and oxygen atoms in total. The van der Waals surface area contributed by atoms with Crippen molar-refractivity contribution >= 4 is 15.9 Å². The summed E-state index contributed by atoms with van der Waals surface area (Å²) < 4.78 is 2.77. The smallest absolute Gasteiger partial charge is 0.0967 e. The van der Waals surface area contributed by atoms with Crippen LogP contribution in [0.1, 0.15) is 11.3 Å². The molecule has 0 bridgehead atoms. The van der Waals surface area contributed by atoms with Gasteiger partial charge in [-0.2, -0.15) is 0 Å². The molecule has 0 aliphatic rings. The molecule has 0 aliphatic carbocycles. The van der Waals surface area contributed by atoms with E-state index in [0.717, 1.165) is 15.9 Å². The Morgan fingerprint density at radius 2 is 2.27 bits per heavy atom. The van der Waals surface area contributed by atoms with Gasteiger partial charge in [0.05, 0.1) is 17.6 Å². The van der Waals surface area contributed by atoms with E-state index in [0.29, 0.717) is 6.54 Å². The van der Waals surface area contributed by atoms with Gasteiger partial charge in [0.15, 0.2) is 0 Å². The Morgan fingerprint density at radius 1 is 1.47 bits per heavy atom. The molecule has 15 heavy (non-hydrogen) atoms. The minimum absolute atomic E-state index is 0.410. The fraction of sp³-hybridized carbons (Fsp3) is 0.200. The highest BCUT2D eigenvalue weighted by atomic mass is 79.9. The van der Waals surface area contributed by atoms with Gasteiger partial charge in [0.1, 0.15) is 0 Å². The zero-order chi connectivity index (χ0) is 10.8. The predicted octanol–water partition coefficient (Wildman–Crippen LogP) is 1.80. The molecule has 0 aliphatic heterocycles. The first-order valence-corrected chi connectivity index (χ1v) is 5.38. The Kier molecular flexibility index (Phi) is 2.83. The number of aromatic nitrogens is 3. The number of benzene rings is 1. The lowest BCUT2D eigenvalue weighted by molar-refractivity contribution is 0.796. The lowest BCUT2D eigenvalue weighted by atomic mass is 10.2. The number of hydrogen-bond donors (Lipinski definition) is 1.